The molecule has 2 heterocycles. The highest BCUT2D eigenvalue weighted by atomic mass is 16.6. The Kier molecular flexibility index (Phi) is 7.70. The van der Waals surface area contributed by atoms with E-state index < -0.39 is 11.2 Å². The summed E-state index contributed by atoms with van der Waals surface area (Å²) in [5, 5.41) is 0. The first kappa shape index (κ1) is 25.3. The molecule has 0 atom stereocenters. The molecule has 0 N–H and O–H groups in total. The second-order valence-corrected chi connectivity index (χ2v) is 9.26. The molecule has 1 spiro atoms. The van der Waals surface area contributed by atoms with E-state index in [2.05, 4.69) is 18.2 Å². The number of hydrogen-bond donors (Lipinski definition) is 0. The molecule has 4 rings (SSSR count). The van der Waals surface area contributed by atoms with Crippen molar-refractivity contribution in [3.63, 3.8) is 0 Å². The molecule has 1 fully saturated rings. The monoisotopic (exact) mass is 465 g/mol. The van der Waals surface area contributed by atoms with Gasteiger partial charge in [-0.05, 0) is 56.2 Å². The van der Waals surface area contributed by atoms with E-state index in [9.17, 15) is 9.59 Å². The predicted molar refractivity (Wildman–Crippen MR) is 133 cm³/mol. The number of piperidine rings is 1. The van der Waals surface area contributed by atoms with Crippen molar-refractivity contribution in [1.82, 2.24) is 4.90 Å². The van der Waals surface area contributed by atoms with Gasteiger partial charge in [-0.2, -0.15) is 0 Å². The van der Waals surface area contributed by atoms with E-state index in [0.717, 1.165) is 22.4 Å². The summed E-state index contributed by atoms with van der Waals surface area (Å²) in [6.07, 6.45) is 3.17. The average molecular weight is 466 g/mol. The Morgan fingerprint density at radius 1 is 1.00 bits per heavy atom. The number of nitrogens with zero attached hydrogens (tertiary/aromatic N) is 1. The van der Waals surface area contributed by atoms with E-state index in [1.807, 2.05) is 65.0 Å². The molecule has 0 unspecified atom stereocenters. The number of methoxy groups -OCH3 is 1. The van der Waals surface area contributed by atoms with E-state index >= 15 is 0 Å². The third-order valence-electron chi connectivity index (χ3n) is 5.76. The fourth-order valence-electron chi connectivity index (χ4n) is 4.16. The number of likely N-dealkylation sites (tertiary alicyclic amines) is 1. The van der Waals surface area contributed by atoms with Crippen LogP contribution in [-0.2, 0) is 9.47 Å². The average Bonchev–Trinajstić information content (AvgIpc) is 2.84. The van der Waals surface area contributed by atoms with Crippen LogP contribution in [0.1, 0.15) is 68.9 Å². The van der Waals surface area contributed by atoms with Gasteiger partial charge in [0.25, 0.3) is 0 Å². The van der Waals surface area contributed by atoms with Gasteiger partial charge < -0.3 is 19.1 Å². The number of rotatable bonds is 2. The molecule has 6 nitrogen and oxygen atoms in total. The van der Waals surface area contributed by atoms with Crippen LogP contribution in [0.4, 0.5) is 4.79 Å². The van der Waals surface area contributed by atoms with Crippen molar-refractivity contribution in [1.29, 1.82) is 0 Å². The lowest BCUT2D eigenvalue weighted by Crippen LogP contribution is -2.50. The van der Waals surface area contributed by atoms with Crippen molar-refractivity contribution >= 4 is 17.6 Å². The molecule has 1 saturated heterocycles. The number of fused-ring (bicyclic) bond motifs is 1. The van der Waals surface area contributed by atoms with Gasteiger partial charge in [-0.1, -0.05) is 44.2 Å². The van der Waals surface area contributed by atoms with Crippen molar-refractivity contribution in [3.8, 4) is 5.75 Å². The van der Waals surface area contributed by atoms with Crippen molar-refractivity contribution in [2.24, 2.45) is 0 Å². The van der Waals surface area contributed by atoms with Gasteiger partial charge >= 0.3 is 12.1 Å². The van der Waals surface area contributed by atoms with Crippen LogP contribution in [0.25, 0.3) is 5.57 Å². The van der Waals surface area contributed by atoms with Gasteiger partial charge in [0.15, 0.2) is 0 Å². The molecular formula is C28H35NO5. The van der Waals surface area contributed by atoms with E-state index in [4.69, 9.17) is 14.2 Å². The summed E-state index contributed by atoms with van der Waals surface area (Å²) in [6.45, 7) is 10.7. The quantitative estimate of drug-likeness (QED) is 0.502. The first-order valence-electron chi connectivity index (χ1n) is 11.9. The summed E-state index contributed by atoms with van der Waals surface area (Å²) in [5.74, 6) is 0.343. The Labute approximate surface area is 202 Å². The Morgan fingerprint density at radius 2 is 1.65 bits per heavy atom. The maximum Gasteiger partial charge on any atom is 0.410 e. The molecule has 0 radical (unpaired) electrons. The van der Waals surface area contributed by atoms with E-state index in [0.29, 0.717) is 31.5 Å². The molecule has 6 heteroatoms. The van der Waals surface area contributed by atoms with Gasteiger partial charge in [0.05, 0.1) is 12.7 Å². The highest BCUT2D eigenvalue weighted by molar-refractivity contribution is 5.93. The number of esters is 1. The van der Waals surface area contributed by atoms with Gasteiger partial charge in [0.2, 0.25) is 0 Å². The van der Waals surface area contributed by atoms with Gasteiger partial charge in [-0.15, -0.1) is 0 Å². The van der Waals surface area contributed by atoms with Crippen molar-refractivity contribution in [2.75, 3.05) is 20.2 Å². The lowest BCUT2D eigenvalue weighted by Gasteiger charge is -2.43. The standard InChI is InChI=1S/C26H29NO5.C2H6/c1-25(2,3)32-24(29)27-14-12-26(13-15-27)17-21(18-8-6-5-7-9-18)20-16-19(23(28)30-4)10-11-22(20)31-26;1-2/h5-11,16-17H,12-15H2,1-4H3;1-2H3. The summed E-state index contributed by atoms with van der Waals surface area (Å²) >= 11 is 0. The summed E-state index contributed by atoms with van der Waals surface area (Å²) in [7, 11) is 1.37. The third kappa shape index (κ3) is 5.61. The highest BCUT2D eigenvalue weighted by Gasteiger charge is 2.41. The second kappa shape index (κ2) is 10.3. The Morgan fingerprint density at radius 3 is 2.24 bits per heavy atom. The highest BCUT2D eigenvalue weighted by Crippen LogP contribution is 2.43. The number of carbonyl (C=O) groups excluding carboxylic acids is 2. The number of amides is 1. The molecule has 0 aromatic heterocycles. The fraction of sp³-hybridized carbons (Fsp3) is 0.429. The predicted octanol–water partition coefficient (Wildman–Crippen LogP) is 6.09. The summed E-state index contributed by atoms with van der Waals surface area (Å²) in [5.41, 5.74) is 2.36. The molecular weight excluding hydrogens is 430 g/mol. The summed E-state index contributed by atoms with van der Waals surface area (Å²) in [4.78, 5) is 26.3. The molecule has 2 aliphatic rings. The topological polar surface area (TPSA) is 65.1 Å². The van der Waals surface area contributed by atoms with Crippen molar-refractivity contribution in [2.45, 2.75) is 58.7 Å². The van der Waals surface area contributed by atoms with E-state index in [1.54, 1.807) is 11.0 Å². The van der Waals surface area contributed by atoms with Crippen molar-refractivity contribution < 1.29 is 23.8 Å². The van der Waals surface area contributed by atoms with Crippen LogP contribution < -0.4 is 4.74 Å². The molecule has 34 heavy (non-hydrogen) atoms. The molecule has 2 aromatic rings. The zero-order valence-corrected chi connectivity index (χ0v) is 21.0. The molecule has 0 aliphatic carbocycles. The summed E-state index contributed by atoms with van der Waals surface area (Å²) in [6, 6.07) is 15.4. The number of ether oxygens (including phenoxy) is 3. The van der Waals surface area contributed by atoms with Crippen LogP contribution in [0, 0.1) is 0 Å². The van der Waals surface area contributed by atoms with Crippen LogP contribution in [0.15, 0.2) is 54.6 Å². The van der Waals surface area contributed by atoms with Crippen LogP contribution in [-0.4, -0.2) is 48.4 Å². The molecule has 182 valence electrons. The zero-order chi connectivity index (χ0) is 24.9. The van der Waals surface area contributed by atoms with Crippen LogP contribution in [0.5, 0.6) is 5.75 Å². The SMILES string of the molecule is CC.COC(=O)c1ccc2c(c1)C(c1ccccc1)=CC1(CCN(C(=O)OC(C)(C)C)CC1)O2. The molecule has 0 bridgehead atoms. The smallest absolute Gasteiger partial charge is 0.410 e. The first-order chi connectivity index (χ1) is 16.2. The minimum atomic E-state index is -0.524. The minimum Gasteiger partial charge on any atom is -0.482 e. The van der Waals surface area contributed by atoms with Crippen LogP contribution in [0.3, 0.4) is 0 Å². The molecule has 2 aliphatic heterocycles. The molecule has 1 amide bonds. The van der Waals surface area contributed by atoms with Gasteiger partial charge in [-0.3, -0.25) is 0 Å². The Balaban J connectivity index is 0.00000158. The minimum absolute atomic E-state index is 0.293. The lowest BCUT2D eigenvalue weighted by molar-refractivity contribution is -0.00116. The maximum absolute atomic E-state index is 12.5. The lowest BCUT2D eigenvalue weighted by atomic mass is 9.82. The fourth-order valence-corrected chi connectivity index (χ4v) is 4.16. The van der Waals surface area contributed by atoms with Crippen LogP contribution in [0.2, 0.25) is 0 Å². The van der Waals surface area contributed by atoms with Gasteiger partial charge in [0.1, 0.15) is 17.0 Å². The van der Waals surface area contributed by atoms with E-state index in [-0.39, 0.29) is 12.1 Å². The van der Waals surface area contributed by atoms with Gasteiger partial charge in [0, 0.05) is 31.5 Å². The van der Waals surface area contributed by atoms with Crippen LogP contribution >= 0.6 is 0 Å². The first-order valence-corrected chi connectivity index (χ1v) is 11.9. The van der Waals surface area contributed by atoms with Crippen molar-refractivity contribution in [3.05, 3.63) is 71.3 Å². The summed E-state index contributed by atoms with van der Waals surface area (Å²) < 4.78 is 16.9. The maximum atomic E-state index is 12.5. The molecule has 2 aromatic carbocycles. The van der Waals surface area contributed by atoms with Gasteiger partial charge in [-0.25, -0.2) is 9.59 Å². The largest absolute Gasteiger partial charge is 0.482 e. The second-order valence-electron chi connectivity index (χ2n) is 9.26. The zero-order valence-electron chi connectivity index (χ0n) is 21.0. The Bertz CT molecular complexity index is 1040. The Hall–Kier alpha value is -3.28. The van der Waals surface area contributed by atoms with E-state index in [1.165, 1.54) is 7.11 Å². The number of hydrogen-bond acceptors (Lipinski definition) is 5. The number of carbonyl (C=O) groups is 2. The molecule has 0 saturated carbocycles. The third-order valence-corrected chi connectivity index (χ3v) is 5.76. The number of benzene rings is 2. The normalized spacial score (nSPS) is 16.3.